The number of carboxylic acid groups (broad SMARTS) is 1. The van der Waals surface area contributed by atoms with Crippen LogP contribution < -0.4 is 10.5 Å². The number of hydrogen-bond acceptors (Lipinski definition) is 4. The van der Waals surface area contributed by atoms with E-state index in [-0.39, 0.29) is 16.8 Å². The Bertz CT molecular complexity index is 986. The van der Waals surface area contributed by atoms with E-state index in [1.54, 1.807) is 6.07 Å². The van der Waals surface area contributed by atoms with Crippen LogP contribution in [0.3, 0.4) is 0 Å². The van der Waals surface area contributed by atoms with Crippen LogP contribution in [0, 0.1) is 0 Å². The number of oxazole rings is 1. The lowest BCUT2D eigenvalue weighted by molar-refractivity contribution is -0.274. The van der Waals surface area contributed by atoms with Crippen LogP contribution in [0.5, 0.6) is 5.75 Å². The molecule has 9 heteroatoms. The predicted molar refractivity (Wildman–Crippen MR) is 80.2 cm³/mol. The molecule has 0 aliphatic carbocycles. The van der Waals surface area contributed by atoms with Gasteiger partial charge in [0.25, 0.3) is 0 Å². The van der Waals surface area contributed by atoms with Crippen molar-refractivity contribution in [2.24, 2.45) is 0 Å². The van der Waals surface area contributed by atoms with Crippen LogP contribution in [0.25, 0.3) is 22.2 Å². The Balaban J connectivity index is 1.98. The van der Waals surface area contributed by atoms with E-state index in [0.29, 0.717) is 11.1 Å². The van der Waals surface area contributed by atoms with Crippen molar-refractivity contribution >= 4 is 17.1 Å². The first kappa shape index (κ1) is 16.6. The molecule has 1 N–H and O–H groups in total. The number of aromatic nitrogens is 1. The first-order valence-corrected chi connectivity index (χ1v) is 6.94. The van der Waals surface area contributed by atoms with Crippen molar-refractivity contribution in [3.8, 4) is 16.9 Å². The molecule has 0 aliphatic rings. The summed E-state index contributed by atoms with van der Waals surface area (Å²) in [5, 5.41) is 8.87. The summed E-state index contributed by atoms with van der Waals surface area (Å²) in [6.07, 6.45) is -4.77. The van der Waals surface area contributed by atoms with Crippen molar-refractivity contribution in [2.75, 3.05) is 0 Å². The number of carboxylic acids is 1. The maximum Gasteiger partial charge on any atom is 0.573 e. The summed E-state index contributed by atoms with van der Waals surface area (Å²) >= 11 is 0. The maximum absolute atomic E-state index is 12.2. The van der Waals surface area contributed by atoms with Crippen LogP contribution in [0.4, 0.5) is 13.2 Å². The number of fused-ring (bicyclic) bond motifs is 1. The average molecular weight is 353 g/mol. The first-order chi connectivity index (χ1) is 11.7. The normalized spacial score (nSPS) is 11.6. The second-order valence-electron chi connectivity index (χ2n) is 5.10. The fourth-order valence-corrected chi connectivity index (χ4v) is 2.38. The average Bonchev–Trinajstić information content (AvgIpc) is 2.81. The monoisotopic (exact) mass is 353 g/mol. The minimum atomic E-state index is -4.77. The molecule has 0 unspecified atom stereocenters. The van der Waals surface area contributed by atoms with Gasteiger partial charge >= 0.3 is 18.1 Å². The summed E-state index contributed by atoms with van der Waals surface area (Å²) in [5.41, 5.74) is 1.63. The summed E-state index contributed by atoms with van der Waals surface area (Å²) in [4.78, 5) is 22.6. The lowest BCUT2D eigenvalue weighted by Crippen LogP contribution is -2.19. The highest BCUT2D eigenvalue weighted by Crippen LogP contribution is 2.28. The quantitative estimate of drug-likeness (QED) is 0.779. The van der Waals surface area contributed by atoms with Gasteiger partial charge in [0.1, 0.15) is 12.3 Å². The Kier molecular flexibility index (Phi) is 3.99. The Morgan fingerprint density at radius 3 is 2.36 bits per heavy atom. The van der Waals surface area contributed by atoms with Crippen LogP contribution in [0.2, 0.25) is 0 Å². The molecule has 0 aliphatic heterocycles. The number of benzene rings is 2. The SMILES string of the molecule is O=C(O)Cn1c(=O)oc2ccc(-c3ccc(OC(F)(F)F)cc3)cc21. The van der Waals surface area contributed by atoms with Gasteiger partial charge in [-0.2, -0.15) is 0 Å². The Labute approximate surface area is 137 Å². The molecule has 6 nitrogen and oxygen atoms in total. The largest absolute Gasteiger partial charge is 0.573 e. The van der Waals surface area contributed by atoms with Crippen molar-refractivity contribution in [3.63, 3.8) is 0 Å². The third kappa shape index (κ3) is 3.65. The minimum absolute atomic E-state index is 0.215. The molecule has 1 aromatic heterocycles. The molecule has 0 atom stereocenters. The number of aliphatic carboxylic acids is 1. The van der Waals surface area contributed by atoms with E-state index in [4.69, 9.17) is 9.52 Å². The molecule has 0 radical (unpaired) electrons. The Hall–Kier alpha value is -3.23. The molecular formula is C16H10F3NO5. The molecule has 25 heavy (non-hydrogen) atoms. The molecular weight excluding hydrogens is 343 g/mol. The summed E-state index contributed by atoms with van der Waals surface area (Å²) < 4.78 is 46.3. The van der Waals surface area contributed by atoms with Gasteiger partial charge in [0, 0.05) is 0 Å². The third-order valence-electron chi connectivity index (χ3n) is 3.38. The molecule has 0 amide bonds. The lowest BCUT2D eigenvalue weighted by atomic mass is 10.1. The van der Waals surface area contributed by atoms with E-state index < -0.39 is 24.6 Å². The topological polar surface area (TPSA) is 81.7 Å². The minimum Gasteiger partial charge on any atom is -0.480 e. The Morgan fingerprint density at radius 2 is 1.76 bits per heavy atom. The number of halogens is 3. The van der Waals surface area contributed by atoms with E-state index >= 15 is 0 Å². The fourth-order valence-electron chi connectivity index (χ4n) is 2.38. The van der Waals surface area contributed by atoms with E-state index in [1.165, 1.54) is 24.3 Å². The zero-order chi connectivity index (χ0) is 18.2. The third-order valence-corrected chi connectivity index (χ3v) is 3.38. The molecule has 0 bridgehead atoms. The molecule has 0 fully saturated rings. The number of ether oxygens (including phenoxy) is 1. The summed E-state index contributed by atoms with van der Waals surface area (Å²) in [6, 6.07) is 9.78. The van der Waals surface area contributed by atoms with Crippen molar-refractivity contribution < 1.29 is 32.2 Å². The lowest BCUT2D eigenvalue weighted by Gasteiger charge is -2.09. The van der Waals surface area contributed by atoms with E-state index in [9.17, 15) is 22.8 Å². The fraction of sp³-hybridized carbons (Fsp3) is 0.125. The molecule has 130 valence electrons. The molecule has 0 saturated heterocycles. The number of nitrogens with zero attached hydrogens (tertiary/aromatic N) is 1. The van der Waals surface area contributed by atoms with Crippen LogP contribution in [-0.4, -0.2) is 22.0 Å². The highest BCUT2D eigenvalue weighted by Gasteiger charge is 2.30. The van der Waals surface area contributed by atoms with Crippen LogP contribution in [0.15, 0.2) is 51.7 Å². The van der Waals surface area contributed by atoms with Gasteiger partial charge in [0.15, 0.2) is 5.58 Å². The molecule has 0 spiro atoms. The number of hydrogen-bond donors (Lipinski definition) is 1. The van der Waals surface area contributed by atoms with Gasteiger partial charge in [-0.3, -0.25) is 9.36 Å². The second-order valence-corrected chi connectivity index (χ2v) is 5.10. The highest BCUT2D eigenvalue weighted by molar-refractivity contribution is 5.82. The standard InChI is InChI=1S/C16H10F3NO5/c17-16(18,19)25-11-4-1-9(2-5-11)10-3-6-13-12(7-10)20(8-14(21)22)15(23)24-13/h1-7H,8H2,(H,21,22). The van der Waals surface area contributed by atoms with E-state index in [1.807, 2.05) is 0 Å². The second kappa shape index (κ2) is 6.00. The van der Waals surface area contributed by atoms with Gasteiger partial charge in [-0.1, -0.05) is 18.2 Å². The molecule has 2 aromatic carbocycles. The van der Waals surface area contributed by atoms with Crippen molar-refractivity contribution in [3.05, 3.63) is 53.0 Å². The van der Waals surface area contributed by atoms with Gasteiger partial charge < -0.3 is 14.3 Å². The highest BCUT2D eigenvalue weighted by atomic mass is 19.4. The Morgan fingerprint density at radius 1 is 1.12 bits per heavy atom. The van der Waals surface area contributed by atoms with Crippen molar-refractivity contribution in [1.29, 1.82) is 0 Å². The zero-order valence-corrected chi connectivity index (χ0v) is 12.4. The van der Waals surface area contributed by atoms with Gasteiger partial charge in [-0.25, -0.2) is 4.79 Å². The molecule has 3 rings (SSSR count). The van der Waals surface area contributed by atoms with E-state index in [0.717, 1.165) is 16.7 Å². The predicted octanol–water partition coefficient (Wildman–Crippen LogP) is 3.24. The first-order valence-electron chi connectivity index (χ1n) is 6.94. The molecule has 1 heterocycles. The van der Waals surface area contributed by atoms with Crippen molar-refractivity contribution in [1.82, 2.24) is 4.57 Å². The van der Waals surface area contributed by atoms with Crippen LogP contribution in [-0.2, 0) is 11.3 Å². The van der Waals surface area contributed by atoms with E-state index in [2.05, 4.69) is 4.74 Å². The van der Waals surface area contributed by atoms with Gasteiger partial charge in [-0.05, 0) is 35.4 Å². The summed E-state index contributed by atoms with van der Waals surface area (Å²) in [7, 11) is 0. The van der Waals surface area contributed by atoms with Gasteiger partial charge in [-0.15, -0.1) is 13.2 Å². The number of rotatable bonds is 4. The molecule has 3 aromatic rings. The summed E-state index contributed by atoms with van der Waals surface area (Å²) in [6.45, 7) is -0.562. The number of carbonyl (C=O) groups is 1. The summed E-state index contributed by atoms with van der Waals surface area (Å²) in [5.74, 6) is -2.37. The molecule has 0 saturated carbocycles. The van der Waals surface area contributed by atoms with Gasteiger partial charge in [0.05, 0.1) is 5.52 Å². The maximum atomic E-state index is 12.2. The smallest absolute Gasteiger partial charge is 0.480 e. The zero-order valence-electron chi connectivity index (χ0n) is 12.4. The van der Waals surface area contributed by atoms with Crippen molar-refractivity contribution in [2.45, 2.75) is 12.9 Å². The van der Waals surface area contributed by atoms with Crippen LogP contribution in [0.1, 0.15) is 0 Å². The van der Waals surface area contributed by atoms with Crippen LogP contribution >= 0.6 is 0 Å². The number of alkyl halides is 3. The van der Waals surface area contributed by atoms with Gasteiger partial charge in [0.2, 0.25) is 0 Å².